The van der Waals surface area contributed by atoms with Crippen molar-refractivity contribution in [2.45, 2.75) is 26.3 Å². The Kier molecular flexibility index (Phi) is 4.75. The molecule has 1 amide bonds. The van der Waals surface area contributed by atoms with Gasteiger partial charge >= 0.3 is 5.97 Å². The van der Waals surface area contributed by atoms with E-state index in [2.05, 4.69) is 5.16 Å². The van der Waals surface area contributed by atoms with Crippen LogP contribution in [0, 0.1) is 12.8 Å². The molecule has 25 heavy (non-hydrogen) atoms. The van der Waals surface area contributed by atoms with Crippen molar-refractivity contribution in [3.8, 4) is 11.3 Å². The molecule has 2 aromatic rings. The lowest BCUT2D eigenvalue weighted by Crippen LogP contribution is -2.38. The first-order chi connectivity index (χ1) is 11.8. The number of aryl methyl sites for hydroxylation is 1. The molecule has 1 aliphatic heterocycles. The second kappa shape index (κ2) is 6.69. The van der Waals surface area contributed by atoms with Gasteiger partial charge in [-0.1, -0.05) is 34.4 Å². The van der Waals surface area contributed by atoms with E-state index < -0.39 is 17.9 Å². The third-order valence-electron chi connectivity index (χ3n) is 4.61. The fraction of sp³-hybridized carbons (Fsp3) is 0.353. The number of nitrogens with zero attached hydrogens (tertiary/aromatic N) is 2. The van der Waals surface area contributed by atoms with E-state index in [1.165, 1.54) is 4.90 Å². The van der Waals surface area contributed by atoms with Crippen LogP contribution in [0.3, 0.4) is 0 Å². The van der Waals surface area contributed by atoms with Gasteiger partial charge in [-0.15, -0.1) is 0 Å². The maximum Gasteiger partial charge on any atom is 0.308 e. The summed E-state index contributed by atoms with van der Waals surface area (Å²) in [5.74, 6) is -1.49. The van der Waals surface area contributed by atoms with Gasteiger partial charge in [0, 0.05) is 18.2 Å². The molecular weight excluding hydrogens is 367 g/mol. The van der Waals surface area contributed by atoms with E-state index in [9.17, 15) is 14.7 Å². The normalized spacial score (nSPS) is 20.1. The summed E-state index contributed by atoms with van der Waals surface area (Å²) in [6.07, 6.45) is 0.411. The van der Waals surface area contributed by atoms with E-state index in [1.54, 1.807) is 32.0 Å². The molecule has 2 atom stereocenters. The molecule has 1 aliphatic rings. The molecule has 1 saturated heterocycles. The Hall–Kier alpha value is -2.05. The molecule has 0 radical (unpaired) electrons. The van der Waals surface area contributed by atoms with Gasteiger partial charge in [0.15, 0.2) is 0 Å². The van der Waals surface area contributed by atoms with Crippen molar-refractivity contribution < 1.29 is 19.2 Å². The predicted octanol–water partition coefficient (Wildman–Crippen LogP) is 3.89. The average molecular weight is 383 g/mol. The molecule has 6 nitrogen and oxygen atoms in total. The zero-order valence-corrected chi connectivity index (χ0v) is 15.1. The Morgan fingerprint density at radius 2 is 1.96 bits per heavy atom. The smallest absolute Gasteiger partial charge is 0.308 e. The Morgan fingerprint density at radius 3 is 2.52 bits per heavy atom. The number of hydrogen-bond donors (Lipinski definition) is 1. The van der Waals surface area contributed by atoms with Gasteiger partial charge in [-0.05, 0) is 32.4 Å². The average Bonchev–Trinajstić information content (AvgIpc) is 3.10. The molecule has 2 unspecified atom stereocenters. The maximum atomic E-state index is 13.1. The minimum atomic E-state index is -0.904. The number of hydrogen-bond acceptors (Lipinski definition) is 4. The van der Waals surface area contributed by atoms with Crippen molar-refractivity contribution in [2.75, 3.05) is 6.54 Å². The molecule has 132 valence electrons. The van der Waals surface area contributed by atoms with Gasteiger partial charge in [0.25, 0.3) is 5.91 Å². The lowest BCUT2D eigenvalue weighted by Gasteiger charge is -2.23. The SMILES string of the molecule is Cc1onc(-c2c(Cl)cccc2Cl)c1C(=O)N1CCC(C(=O)O)C1C. The van der Waals surface area contributed by atoms with Crippen LogP contribution in [-0.4, -0.2) is 39.6 Å². The predicted molar refractivity (Wildman–Crippen MR) is 92.9 cm³/mol. The number of amides is 1. The molecule has 1 aromatic carbocycles. The van der Waals surface area contributed by atoms with Crippen molar-refractivity contribution in [3.63, 3.8) is 0 Å². The molecular formula is C17H16Cl2N2O4. The monoisotopic (exact) mass is 382 g/mol. The molecule has 0 spiro atoms. The van der Waals surface area contributed by atoms with Gasteiger partial charge < -0.3 is 14.5 Å². The molecule has 0 aliphatic carbocycles. The van der Waals surface area contributed by atoms with Crippen LogP contribution in [0.1, 0.15) is 29.5 Å². The highest BCUT2D eigenvalue weighted by Gasteiger charge is 2.40. The minimum Gasteiger partial charge on any atom is -0.481 e. The number of carboxylic acid groups (broad SMARTS) is 1. The number of carboxylic acids is 1. The molecule has 8 heteroatoms. The third kappa shape index (κ3) is 3.00. The number of likely N-dealkylation sites (tertiary alicyclic amines) is 1. The topological polar surface area (TPSA) is 83.6 Å². The van der Waals surface area contributed by atoms with E-state index in [-0.39, 0.29) is 17.2 Å². The van der Waals surface area contributed by atoms with Crippen LogP contribution in [0.4, 0.5) is 0 Å². The van der Waals surface area contributed by atoms with Gasteiger partial charge in [0.1, 0.15) is 17.0 Å². The Balaban J connectivity index is 2.03. The van der Waals surface area contributed by atoms with Crippen molar-refractivity contribution in [1.82, 2.24) is 10.1 Å². The van der Waals surface area contributed by atoms with Crippen molar-refractivity contribution >= 4 is 35.1 Å². The molecule has 1 aromatic heterocycles. The molecule has 0 saturated carbocycles. The number of aromatic nitrogens is 1. The maximum absolute atomic E-state index is 13.1. The second-order valence-electron chi connectivity index (χ2n) is 6.03. The quantitative estimate of drug-likeness (QED) is 0.870. The fourth-order valence-corrected chi connectivity index (χ4v) is 3.80. The summed E-state index contributed by atoms with van der Waals surface area (Å²) in [4.78, 5) is 25.9. The second-order valence-corrected chi connectivity index (χ2v) is 6.85. The van der Waals surface area contributed by atoms with E-state index >= 15 is 0 Å². The summed E-state index contributed by atoms with van der Waals surface area (Å²) in [6, 6.07) is 4.58. The Bertz CT molecular complexity index is 829. The summed E-state index contributed by atoms with van der Waals surface area (Å²) >= 11 is 12.5. The number of carbonyl (C=O) groups excluding carboxylic acids is 1. The van der Waals surface area contributed by atoms with E-state index in [0.717, 1.165) is 0 Å². The van der Waals surface area contributed by atoms with Crippen LogP contribution in [-0.2, 0) is 4.79 Å². The first-order valence-corrected chi connectivity index (χ1v) is 8.53. The van der Waals surface area contributed by atoms with Crippen molar-refractivity contribution in [2.24, 2.45) is 5.92 Å². The standard InChI is InChI=1S/C17H16Cl2N2O4/c1-8-10(17(23)24)6-7-21(8)16(22)13-9(2)25-20-15(13)14-11(18)4-3-5-12(14)19/h3-5,8,10H,6-7H2,1-2H3,(H,23,24). The zero-order valence-electron chi connectivity index (χ0n) is 13.6. The van der Waals surface area contributed by atoms with Crippen LogP contribution in [0.5, 0.6) is 0 Å². The molecule has 0 bridgehead atoms. The van der Waals surface area contributed by atoms with Crippen LogP contribution in [0.15, 0.2) is 22.7 Å². The fourth-order valence-electron chi connectivity index (χ4n) is 3.22. The number of carbonyl (C=O) groups is 2. The summed E-state index contributed by atoms with van der Waals surface area (Å²) in [5, 5.41) is 14.0. The third-order valence-corrected chi connectivity index (χ3v) is 5.24. The molecule has 1 N–H and O–H groups in total. The minimum absolute atomic E-state index is 0.257. The van der Waals surface area contributed by atoms with Crippen molar-refractivity contribution in [1.29, 1.82) is 0 Å². The van der Waals surface area contributed by atoms with Gasteiger partial charge in [0.05, 0.1) is 16.0 Å². The van der Waals surface area contributed by atoms with Gasteiger partial charge in [-0.2, -0.15) is 0 Å². The summed E-state index contributed by atoms with van der Waals surface area (Å²) in [7, 11) is 0. The largest absolute Gasteiger partial charge is 0.481 e. The van der Waals surface area contributed by atoms with Crippen LogP contribution < -0.4 is 0 Å². The summed E-state index contributed by atoms with van der Waals surface area (Å²) in [6.45, 7) is 3.72. The number of aliphatic carboxylic acids is 1. The van der Waals surface area contributed by atoms with Gasteiger partial charge in [0.2, 0.25) is 0 Å². The number of benzene rings is 1. The lowest BCUT2D eigenvalue weighted by molar-refractivity contribution is -0.142. The first kappa shape index (κ1) is 17.8. The Labute approximate surface area is 154 Å². The highest BCUT2D eigenvalue weighted by atomic mass is 35.5. The summed E-state index contributed by atoms with van der Waals surface area (Å²) < 4.78 is 5.22. The van der Waals surface area contributed by atoms with E-state index in [0.29, 0.717) is 34.3 Å². The van der Waals surface area contributed by atoms with E-state index in [1.807, 2.05) is 0 Å². The molecule has 2 heterocycles. The molecule has 3 rings (SSSR count). The van der Waals surface area contributed by atoms with Crippen LogP contribution in [0.25, 0.3) is 11.3 Å². The van der Waals surface area contributed by atoms with Gasteiger partial charge in [-0.25, -0.2) is 0 Å². The van der Waals surface area contributed by atoms with Crippen LogP contribution >= 0.6 is 23.2 Å². The zero-order chi connectivity index (χ0) is 18.3. The van der Waals surface area contributed by atoms with Crippen molar-refractivity contribution in [3.05, 3.63) is 39.6 Å². The first-order valence-electron chi connectivity index (χ1n) is 7.77. The van der Waals surface area contributed by atoms with Gasteiger partial charge in [-0.3, -0.25) is 9.59 Å². The number of rotatable bonds is 3. The number of halogens is 2. The highest BCUT2D eigenvalue weighted by molar-refractivity contribution is 6.39. The molecule has 1 fully saturated rings. The highest BCUT2D eigenvalue weighted by Crippen LogP contribution is 2.38. The lowest BCUT2D eigenvalue weighted by atomic mass is 10.0. The van der Waals surface area contributed by atoms with E-state index in [4.69, 9.17) is 27.7 Å². The Morgan fingerprint density at radius 1 is 1.32 bits per heavy atom. The summed E-state index contributed by atoms with van der Waals surface area (Å²) in [5.41, 5.74) is 0.949. The van der Waals surface area contributed by atoms with Crippen LogP contribution in [0.2, 0.25) is 10.0 Å².